The van der Waals surface area contributed by atoms with Crippen LogP contribution in [0.15, 0.2) is 36.4 Å². The molecule has 2 amide bonds. The highest BCUT2D eigenvalue weighted by atomic mass is 35.5. The van der Waals surface area contributed by atoms with Gasteiger partial charge in [0.25, 0.3) is 5.91 Å². The molecule has 1 aliphatic heterocycles. The van der Waals surface area contributed by atoms with Crippen molar-refractivity contribution in [2.24, 2.45) is 13.0 Å². The number of amides is 2. The molecule has 42 heavy (non-hydrogen) atoms. The number of alkyl halides is 1. The van der Waals surface area contributed by atoms with Gasteiger partial charge in [0, 0.05) is 18.9 Å². The minimum Gasteiger partial charge on any atom is -0.469 e. The molecule has 0 spiro atoms. The number of hydrogen-bond donors (Lipinski definition) is 1. The van der Waals surface area contributed by atoms with Crippen molar-refractivity contribution in [2.45, 2.75) is 56.8 Å². The molecule has 1 saturated heterocycles. The Labute approximate surface area is 247 Å². The lowest BCUT2D eigenvalue weighted by molar-refractivity contribution is -0.148. The number of benzene rings is 2. The molecule has 2 aliphatic rings. The first kappa shape index (κ1) is 29.9. The highest BCUT2D eigenvalue weighted by molar-refractivity contribution is 6.34. The molecule has 2 atom stereocenters. The summed E-state index contributed by atoms with van der Waals surface area (Å²) in [6.07, 6.45) is 1.22. The molecule has 9 nitrogen and oxygen atoms in total. The molecule has 12 heteroatoms. The first-order chi connectivity index (χ1) is 20.1. The molecule has 2 aromatic carbocycles. The highest BCUT2D eigenvalue weighted by Crippen LogP contribution is 2.31. The number of nitrogens with zero attached hydrogens (tertiary/aromatic N) is 3. The van der Waals surface area contributed by atoms with Gasteiger partial charge >= 0.3 is 5.97 Å². The number of likely N-dealkylation sites (tertiary alicyclic amines) is 1. The average molecular weight is 603 g/mol. The third kappa shape index (κ3) is 6.42. The van der Waals surface area contributed by atoms with Gasteiger partial charge in [-0.15, -0.1) is 0 Å². The number of carbonyl (C=O) groups is 3. The number of methoxy groups -OCH3 is 1. The number of carbonyl (C=O) groups excluding carboxylic acids is 3. The number of halogens is 3. The fourth-order valence-electron chi connectivity index (χ4n) is 5.88. The summed E-state index contributed by atoms with van der Waals surface area (Å²) in [6.45, 7) is 0.0701. The molecule has 1 aromatic heterocycles. The Hall–Kier alpha value is -3.57. The average Bonchev–Trinajstić information content (AvgIpc) is 3.52. The normalized spacial score (nSPS) is 22.4. The van der Waals surface area contributed by atoms with E-state index in [9.17, 15) is 18.8 Å². The number of hydrogen-bond acceptors (Lipinski definition) is 6. The van der Waals surface area contributed by atoms with Crippen LogP contribution in [0, 0.1) is 11.7 Å². The van der Waals surface area contributed by atoms with Crippen molar-refractivity contribution in [3.63, 3.8) is 0 Å². The summed E-state index contributed by atoms with van der Waals surface area (Å²) in [6, 6.07) is 9.06. The summed E-state index contributed by atoms with van der Waals surface area (Å²) in [5.41, 5.74) is 1.03. The van der Waals surface area contributed by atoms with Crippen molar-refractivity contribution in [1.82, 2.24) is 14.7 Å². The van der Waals surface area contributed by atoms with E-state index < -0.39 is 29.8 Å². The van der Waals surface area contributed by atoms with Crippen LogP contribution >= 0.6 is 11.6 Å². The van der Waals surface area contributed by atoms with Crippen molar-refractivity contribution in [3.8, 4) is 0 Å². The summed E-state index contributed by atoms with van der Waals surface area (Å²) in [5, 5.41) is 7.65. The zero-order valence-electron chi connectivity index (χ0n) is 23.4. The molecule has 1 N–H and O–H groups in total. The third-order valence-corrected chi connectivity index (χ3v) is 8.41. The molecular weight excluding hydrogens is 570 g/mol. The molecule has 0 unspecified atom stereocenters. The summed E-state index contributed by atoms with van der Waals surface area (Å²) < 4.78 is 41.8. The molecule has 0 bridgehead atoms. The van der Waals surface area contributed by atoms with E-state index in [4.69, 9.17) is 21.1 Å². The predicted octanol–water partition coefficient (Wildman–Crippen LogP) is 4.85. The zero-order chi connectivity index (χ0) is 30.0. The van der Waals surface area contributed by atoms with Crippen LogP contribution < -0.4 is 5.32 Å². The number of anilines is 1. The van der Waals surface area contributed by atoms with Gasteiger partial charge in [0.15, 0.2) is 0 Å². The zero-order valence-corrected chi connectivity index (χ0v) is 24.2. The number of rotatable bonds is 8. The van der Waals surface area contributed by atoms with Crippen LogP contribution in [-0.2, 0) is 32.5 Å². The van der Waals surface area contributed by atoms with Crippen molar-refractivity contribution in [1.29, 1.82) is 0 Å². The van der Waals surface area contributed by atoms with Crippen LogP contribution in [-0.4, -0.2) is 71.0 Å². The standard InChI is InChI=1S/C30H33ClF2N4O5/c1-36-28(22-5-3-4-6-25(22)35-36)29(39)34-26-14-24(33)18(11-23(26)31)12-27(38)37-15-19(32)13-20(37)16-42-21-9-7-17(8-10-21)30(40)41-2/h3-6,11,14,17,19-21H,7-10,12-13,15-16H2,1-2H3,(H,34,39)/t17?,19-,20-,21?/m0/s1. The highest BCUT2D eigenvalue weighted by Gasteiger charge is 2.37. The van der Waals surface area contributed by atoms with Crippen LogP contribution in [0.4, 0.5) is 14.5 Å². The van der Waals surface area contributed by atoms with E-state index in [1.807, 2.05) is 6.07 Å². The summed E-state index contributed by atoms with van der Waals surface area (Å²) in [7, 11) is 3.02. The van der Waals surface area contributed by atoms with Crippen LogP contribution in [0.2, 0.25) is 5.02 Å². The number of nitrogens with one attached hydrogen (secondary N) is 1. The third-order valence-electron chi connectivity index (χ3n) is 8.10. The maximum absolute atomic E-state index is 15.2. The second-order valence-corrected chi connectivity index (χ2v) is 11.3. The lowest BCUT2D eigenvalue weighted by Gasteiger charge is -2.30. The van der Waals surface area contributed by atoms with Gasteiger partial charge in [-0.25, -0.2) is 8.78 Å². The molecule has 0 radical (unpaired) electrons. The van der Waals surface area contributed by atoms with Gasteiger partial charge in [-0.2, -0.15) is 5.10 Å². The minimum absolute atomic E-state index is 0.0390. The van der Waals surface area contributed by atoms with Crippen LogP contribution in [0.1, 0.15) is 48.2 Å². The van der Waals surface area contributed by atoms with Crippen molar-refractivity contribution < 1.29 is 32.6 Å². The molecule has 5 rings (SSSR count). The first-order valence-corrected chi connectivity index (χ1v) is 14.4. The fourth-order valence-corrected chi connectivity index (χ4v) is 6.12. The van der Waals surface area contributed by atoms with E-state index in [0.717, 1.165) is 6.07 Å². The van der Waals surface area contributed by atoms with Crippen molar-refractivity contribution in [2.75, 3.05) is 25.6 Å². The molecule has 224 valence electrons. The first-order valence-electron chi connectivity index (χ1n) is 14.0. The Bertz CT molecular complexity index is 1490. The largest absolute Gasteiger partial charge is 0.469 e. The molecule has 2 heterocycles. The molecule has 2 fully saturated rings. The summed E-state index contributed by atoms with van der Waals surface area (Å²) >= 11 is 6.40. The summed E-state index contributed by atoms with van der Waals surface area (Å²) in [4.78, 5) is 39.4. The Kier molecular flexibility index (Phi) is 9.08. The van der Waals surface area contributed by atoms with Gasteiger partial charge in [0.05, 0.1) is 61.0 Å². The number of fused-ring (bicyclic) bond motifs is 1. The van der Waals surface area contributed by atoms with Gasteiger partial charge in [-0.1, -0.05) is 29.8 Å². The van der Waals surface area contributed by atoms with E-state index in [1.165, 1.54) is 22.8 Å². The van der Waals surface area contributed by atoms with Crippen LogP contribution in [0.3, 0.4) is 0 Å². The maximum atomic E-state index is 15.2. The lowest BCUT2D eigenvalue weighted by atomic mass is 9.87. The van der Waals surface area contributed by atoms with Gasteiger partial charge in [0.1, 0.15) is 17.7 Å². The van der Waals surface area contributed by atoms with E-state index in [2.05, 4.69) is 10.4 Å². The van der Waals surface area contributed by atoms with Gasteiger partial charge in [-0.3, -0.25) is 19.1 Å². The second kappa shape index (κ2) is 12.7. The quantitative estimate of drug-likeness (QED) is 0.370. The molecule has 1 aliphatic carbocycles. The van der Waals surface area contributed by atoms with Gasteiger partial charge in [0.2, 0.25) is 5.91 Å². The van der Waals surface area contributed by atoms with E-state index in [0.29, 0.717) is 42.3 Å². The van der Waals surface area contributed by atoms with E-state index in [1.54, 1.807) is 25.2 Å². The number of aryl methyl sites for hydroxylation is 1. The number of aromatic nitrogens is 2. The SMILES string of the molecule is COC(=O)C1CCC(OC[C@@H]2C[C@H](F)CN2C(=O)Cc2cc(Cl)c(NC(=O)c3c4ccccc4nn3C)cc2F)CC1. The minimum atomic E-state index is -1.20. The smallest absolute Gasteiger partial charge is 0.308 e. The monoisotopic (exact) mass is 602 g/mol. The van der Waals surface area contributed by atoms with Crippen molar-refractivity contribution in [3.05, 3.63) is 58.5 Å². The van der Waals surface area contributed by atoms with E-state index in [-0.39, 0.29) is 60.3 Å². The second-order valence-electron chi connectivity index (χ2n) is 10.9. The Morgan fingerprint density at radius 3 is 2.62 bits per heavy atom. The summed E-state index contributed by atoms with van der Waals surface area (Å²) in [5.74, 6) is -2.02. The maximum Gasteiger partial charge on any atom is 0.308 e. The van der Waals surface area contributed by atoms with Gasteiger partial charge < -0.3 is 19.7 Å². The van der Waals surface area contributed by atoms with Crippen molar-refractivity contribution >= 4 is 46.0 Å². The predicted molar refractivity (Wildman–Crippen MR) is 153 cm³/mol. The van der Waals surface area contributed by atoms with Crippen LogP contribution in [0.25, 0.3) is 10.9 Å². The Balaban J connectivity index is 1.20. The molecule has 3 aromatic rings. The fraction of sp³-hybridized carbons (Fsp3) is 0.467. The Morgan fingerprint density at radius 1 is 1.14 bits per heavy atom. The lowest BCUT2D eigenvalue weighted by Crippen LogP contribution is -2.40. The van der Waals surface area contributed by atoms with E-state index >= 15 is 4.39 Å². The van der Waals surface area contributed by atoms with Gasteiger partial charge in [-0.05, 0) is 49.4 Å². The topological polar surface area (TPSA) is 103 Å². The van der Waals surface area contributed by atoms with Crippen LogP contribution in [0.5, 0.6) is 0 Å². The Morgan fingerprint density at radius 2 is 1.88 bits per heavy atom. The molecular formula is C30H33ClF2N4O5. The number of esters is 1. The molecule has 1 saturated carbocycles. The number of ether oxygens (including phenoxy) is 2.